The van der Waals surface area contributed by atoms with Gasteiger partial charge in [-0.25, -0.2) is 4.79 Å². The molecule has 0 atom stereocenters. The quantitative estimate of drug-likeness (QED) is 0.705. The number of nitrogens with one attached hydrogen (secondary N) is 2. The smallest absolute Gasteiger partial charge is 0.319 e. The molecule has 0 radical (unpaired) electrons. The first kappa shape index (κ1) is 20.0. The molecule has 0 heterocycles. The Morgan fingerprint density at radius 1 is 1.00 bits per heavy atom. The molecule has 0 aliphatic carbocycles. The Balaban J connectivity index is 1.89. The van der Waals surface area contributed by atoms with Crippen LogP contribution in [0.5, 0.6) is 11.5 Å². The van der Waals surface area contributed by atoms with Gasteiger partial charge in [0.05, 0.1) is 14.2 Å². The van der Waals surface area contributed by atoms with Gasteiger partial charge >= 0.3 is 6.03 Å². The summed E-state index contributed by atoms with van der Waals surface area (Å²) in [5.41, 5.74) is 1.68. The fourth-order valence-electron chi connectivity index (χ4n) is 2.31. The molecule has 0 bridgehead atoms. The van der Waals surface area contributed by atoms with Crippen LogP contribution in [-0.4, -0.2) is 25.0 Å². The third kappa shape index (κ3) is 6.19. The number of rotatable bonds is 6. The Hall–Kier alpha value is -2.34. The second-order valence-electron chi connectivity index (χ2n) is 6.74. The van der Waals surface area contributed by atoms with Crippen molar-refractivity contribution < 1.29 is 14.3 Å². The van der Waals surface area contributed by atoms with Crippen molar-refractivity contribution in [3.63, 3.8) is 0 Å². The number of ether oxygens (including phenoxy) is 2. The SMILES string of the molecule is COc1ccc(CNC(=O)Nc2ccc(SC(C)(C)C)cc2)cc1OC. The predicted octanol–water partition coefficient (Wildman–Crippen LogP) is 4.92. The second kappa shape index (κ2) is 8.85. The van der Waals surface area contributed by atoms with Crippen LogP contribution in [0.3, 0.4) is 0 Å². The van der Waals surface area contributed by atoms with Crippen LogP contribution in [0.25, 0.3) is 0 Å². The van der Waals surface area contributed by atoms with Gasteiger partial charge in [-0.2, -0.15) is 0 Å². The van der Waals surface area contributed by atoms with E-state index in [1.165, 1.54) is 4.90 Å². The van der Waals surface area contributed by atoms with Crippen molar-refractivity contribution in [2.24, 2.45) is 0 Å². The summed E-state index contributed by atoms with van der Waals surface area (Å²) in [6, 6.07) is 13.1. The molecule has 0 spiro atoms. The number of hydrogen-bond donors (Lipinski definition) is 2. The summed E-state index contributed by atoms with van der Waals surface area (Å²) in [7, 11) is 3.18. The van der Waals surface area contributed by atoms with Gasteiger partial charge in [-0.1, -0.05) is 26.8 Å². The zero-order chi connectivity index (χ0) is 19.2. The van der Waals surface area contributed by atoms with Crippen molar-refractivity contribution in [2.45, 2.75) is 37.0 Å². The van der Waals surface area contributed by atoms with E-state index in [1.54, 1.807) is 26.0 Å². The first-order valence-corrected chi connectivity index (χ1v) is 9.17. The highest BCUT2D eigenvalue weighted by Gasteiger charge is 2.12. The zero-order valence-corrected chi connectivity index (χ0v) is 16.7. The Morgan fingerprint density at radius 3 is 2.23 bits per heavy atom. The van der Waals surface area contributed by atoms with Crippen LogP contribution in [0, 0.1) is 0 Å². The molecule has 2 aromatic carbocycles. The number of carbonyl (C=O) groups excluding carboxylic acids is 1. The Labute approximate surface area is 159 Å². The molecule has 2 rings (SSSR count). The topological polar surface area (TPSA) is 59.6 Å². The molecule has 0 aromatic heterocycles. The molecular weight excluding hydrogens is 348 g/mol. The van der Waals surface area contributed by atoms with Crippen molar-refractivity contribution in [1.29, 1.82) is 0 Å². The van der Waals surface area contributed by atoms with Gasteiger partial charge < -0.3 is 20.1 Å². The molecule has 0 unspecified atom stereocenters. The maximum Gasteiger partial charge on any atom is 0.319 e. The number of carbonyl (C=O) groups is 1. The molecule has 26 heavy (non-hydrogen) atoms. The van der Waals surface area contributed by atoms with E-state index in [9.17, 15) is 4.79 Å². The highest BCUT2D eigenvalue weighted by molar-refractivity contribution is 8.00. The largest absolute Gasteiger partial charge is 0.493 e. The van der Waals surface area contributed by atoms with Crippen LogP contribution in [-0.2, 0) is 6.54 Å². The Bertz CT molecular complexity index is 740. The summed E-state index contributed by atoms with van der Waals surface area (Å²) in [6.45, 7) is 6.91. The van der Waals surface area contributed by atoms with Gasteiger partial charge in [0.15, 0.2) is 11.5 Å². The number of thioether (sulfide) groups is 1. The van der Waals surface area contributed by atoms with E-state index >= 15 is 0 Å². The number of anilines is 1. The molecule has 2 amide bonds. The van der Waals surface area contributed by atoms with Gasteiger partial charge in [-0.3, -0.25) is 0 Å². The number of methoxy groups -OCH3 is 2. The number of urea groups is 1. The molecule has 0 fully saturated rings. The first-order valence-electron chi connectivity index (χ1n) is 8.35. The standard InChI is InChI=1S/C20H26N2O3S/c1-20(2,3)26-16-9-7-15(8-10-16)22-19(23)21-13-14-6-11-17(24-4)18(12-14)25-5/h6-12H,13H2,1-5H3,(H2,21,22,23). The summed E-state index contributed by atoms with van der Waals surface area (Å²) in [6.07, 6.45) is 0. The van der Waals surface area contributed by atoms with Crippen molar-refractivity contribution >= 4 is 23.5 Å². The van der Waals surface area contributed by atoms with Gasteiger partial charge in [0.25, 0.3) is 0 Å². The van der Waals surface area contributed by atoms with E-state index in [4.69, 9.17) is 9.47 Å². The normalized spacial score (nSPS) is 11.0. The van der Waals surface area contributed by atoms with Crippen molar-refractivity contribution in [2.75, 3.05) is 19.5 Å². The number of amides is 2. The Kier molecular flexibility index (Phi) is 6.80. The summed E-state index contributed by atoms with van der Waals surface area (Å²) >= 11 is 1.79. The minimum Gasteiger partial charge on any atom is -0.493 e. The molecule has 5 nitrogen and oxygen atoms in total. The fourth-order valence-corrected chi connectivity index (χ4v) is 3.29. The lowest BCUT2D eigenvalue weighted by Crippen LogP contribution is -2.28. The molecule has 0 aliphatic rings. The highest BCUT2D eigenvalue weighted by atomic mass is 32.2. The minimum absolute atomic E-state index is 0.158. The minimum atomic E-state index is -0.254. The zero-order valence-electron chi connectivity index (χ0n) is 15.9. The molecular formula is C20H26N2O3S. The Morgan fingerprint density at radius 2 is 1.65 bits per heavy atom. The molecule has 2 N–H and O–H groups in total. The van der Waals surface area contributed by atoms with E-state index in [1.807, 2.05) is 42.5 Å². The van der Waals surface area contributed by atoms with Gasteiger partial charge in [-0.05, 0) is 42.0 Å². The lowest BCUT2D eigenvalue weighted by Gasteiger charge is -2.17. The van der Waals surface area contributed by atoms with E-state index < -0.39 is 0 Å². The summed E-state index contributed by atoms with van der Waals surface area (Å²) in [5.74, 6) is 1.30. The molecule has 0 saturated heterocycles. The van der Waals surface area contributed by atoms with Crippen LogP contribution in [0.15, 0.2) is 47.4 Å². The predicted molar refractivity (Wildman–Crippen MR) is 107 cm³/mol. The van der Waals surface area contributed by atoms with Crippen molar-refractivity contribution in [3.05, 3.63) is 48.0 Å². The van der Waals surface area contributed by atoms with Gasteiger partial charge in [0.1, 0.15) is 0 Å². The fraction of sp³-hybridized carbons (Fsp3) is 0.350. The monoisotopic (exact) mass is 374 g/mol. The average Bonchev–Trinajstić information content (AvgIpc) is 2.60. The average molecular weight is 375 g/mol. The molecule has 0 aliphatic heterocycles. The van der Waals surface area contributed by atoms with Crippen LogP contribution >= 0.6 is 11.8 Å². The van der Waals surface area contributed by atoms with Gasteiger partial charge in [-0.15, -0.1) is 11.8 Å². The van der Waals surface area contributed by atoms with E-state index in [0.717, 1.165) is 11.3 Å². The lowest BCUT2D eigenvalue weighted by molar-refractivity contribution is 0.251. The van der Waals surface area contributed by atoms with E-state index in [-0.39, 0.29) is 10.8 Å². The van der Waals surface area contributed by atoms with Crippen molar-refractivity contribution in [3.8, 4) is 11.5 Å². The summed E-state index contributed by atoms with van der Waals surface area (Å²) < 4.78 is 10.6. The van der Waals surface area contributed by atoms with Crippen molar-refractivity contribution in [1.82, 2.24) is 5.32 Å². The number of benzene rings is 2. The third-order valence-electron chi connectivity index (χ3n) is 3.44. The lowest BCUT2D eigenvalue weighted by atomic mass is 10.2. The summed E-state index contributed by atoms with van der Waals surface area (Å²) in [4.78, 5) is 13.3. The van der Waals surface area contributed by atoms with Crippen LogP contribution in [0.2, 0.25) is 0 Å². The summed E-state index contributed by atoms with van der Waals surface area (Å²) in [5, 5.41) is 5.68. The highest BCUT2D eigenvalue weighted by Crippen LogP contribution is 2.32. The van der Waals surface area contributed by atoms with Crippen LogP contribution in [0.4, 0.5) is 10.5 Å². The number of hydrogen-bond acceptors (Lipinski definition) is 4. The molecule has 0 saturated carbocycles. The van der Waals surface area contributed by atoms with E-state index in [0.29, 0.717) is 18.0 Å². The molecule has 6 heteroatoms. The van der Waals surface area contributed by atoms with Gasteiger partial charge in [0.2, 0.25) is 0 Å². The second-order valence-corrected chi connectivity index (χ2v) is 8.64. The van der Waals surface area contributed by atoms with Gasteiger partial charge in [0, 0.05) is 21.9 Å². The first-order chi connectivity index (χ1) is 12.3. The molecule has 140 valence electrons. The maximum absolute atomic E-state index is 12.1. The third-order valence-corrected chi connectivity index (χ3v) is 4.56. The maximum atomic E-state index is 12.1. The molecule has 2 aromatic rings. The van der Waals surface area contributed by atoms with Crippen LogP contribution < -0.4 is 20.1 Å². The van der Waals surface area contributed by atoms with Crippen LogP contribution in [0.1, 0.15) is 26.3 Å². The van der Waals surface area contributed by atoms with E-state index in [2.05, 4.69) is 31.4 Å².